The highest BCUT2D eigenvalue weighted by Crippen LogP contribution is 2.39. The van der Waals surface area contributed by atoms with E-state index in [2.05, 4.69) is 15.1 Å². The van der Waals surface area contributed by atoms with E-state index >= 15 is 0 Å². The van der Waals surface area contributed by atoms with Gasteiger partial charge in [0.25, 0.3) is 5.56 Å². The Balaban J connectivity index is 1.95. The molecule has 1 aliphatic rings. The summed E-state index contributed by atoms with van der Waals surface area (Å²) in [7, 11) is 5.87. The second-order valence-corrected chi connectivity index (χ2v) is 7.91. The smallest absolute Gasteiger partial charge is 0.333 e. The second-order valence-electron chi connectivity index (χ2n) is 7.13. The van der Waals surface area contributed by atoms with Crippen LogP contribution in [0.15, 0.2) is 37.9 Å². The highest BCUT2D eigenvalue weighted by molar-refractivity contribution is 7.98. The summed E-state index contributed by atoms with van der Waals surface area (Å²) in [6, 6.07) is 5.00. The molecule has 0 radical (unpaired) electrons. The van der Waals surface area contributed by atoms with Gasteiger partial charge in [-0.05, 0) is 18.4 Å². The maximum Gasteiger partial charge on any atom is 0.333 e. The number of hydrogen-bond acceptors (Lipinski definition) is 9. The second kappa shape index (κ2) is 8.19. The molecule has 0 bridgehead atoms. The summed E-state index contributed by atoms with van der Waals surface area (Å²) in [4.78, 5) is 34.0. The van der Waals surface area contributed by atoms with E-state index in [1.54, 1.807) is 31.0 Å². The third-order valence-corrected chi connectivity index (χ3v) is 5.95. The van der Waals surface area contributed by atoms with Crippen molar-refractivity contribution in [3.8, 4) is 17.4 Å². The summed E-state index contributed by atoms with van der Waals surface area (Å²) in [6.07, 6.45) is 2.07. The molecule has 0 saturated carbocycles. The van der Waals surface area contributed by atoms with Gasteiger partial charge in [0.15, 0.2) is 0 Å². The molecule has 0 saturated heterocycles. The van der Waals surface area contributed by atoms with E-state index in [0.29, 0.717) is 22.4 Å². The van der Waals surface area contributed by atoms with E-state index in [-0.39, 0.29) is 17.9 Å². The first-order valence-corrected chi connectivity index (χ1v) is 10.8. The fourth-order valence-corrected chi connectivity index (χ4v) is 4.03. The Morgan fingerprint density at radius 3 is 2.56 bits per heavy atom. The zero-order valence-corrected chi connectivity index (χ0v) is 19.0. The molecule has 12 heteroatoms. The third-order valence-electron chi connectivity index (χ3n) is 5.42. The predicted octanol–water partition coefficient (Wildman–Crippen LogP) is 1.23. The molecule has 3 aromatic rings. The Hall–Kier alpha value is -3.54. The maximum atomic E-state index is 12.9. The average Bonchev–Trinajstić information content (AvgIpc) is 3.24. The number of benzene rings is 1. The van der Waals surface area contributed by atoms with Crippen molar-refractivity contribution in [2.24, 2.45) is 19.1 Å². The minimum atomic E-state index is -0.636. The van der Waals surface area contributed by atoms with Crippen LogP contribution in [-0.4, -0.2) is 55.2 Å². The molecule has 0 amide bonds. The Morgan fingerprint density at radius 1 is 1.16 bits per heavy atom. The van der Waals surface area contributed by atoms with Crippen LogP contribution >= 0.6 is 11.8 Å². The first-order chi connectivity index (χ1) is 15.3. The van der Waals surface area contributed by atoms with E-state index < -0.39 is 23.2 Å². The largest absolute Gasteiger partial charge is 0.497 e. The molecule has 2 aromatic heterocycles. The molecular weight excluding hydrogens is 436 g/mol. The summed E-state index contributed by atoms with van der Waals surface area (Å²) < 4.78 is 14.5. The van der Waals surface area contributed by atoms with Gasteiger partial charge in [0.1, 0.15) is 17.1 Å². The van der Waals surface area contributed by atoms with Gasteiger partial charge in [0, 0.05) is 32.1 Å². The Labute approximate surface area is 187 Å². The van der Waals surface area contributed by atoms with Crippen LogP contribution in [0, 0.1) is 0 Å². The molecule has 1 unspecified atom stereocenters. The Bertz CT molecular complexity index is 1360. The fourth-order valence-electron chi connectivity index (χ4n) is 3.68. The third kappa shape index (κ3) is 3.36. The van der Waals surface area contributed by atoms with Crippen LogP contribution in [0.4, 0.5) is 5.95 Å². The maximum absolute atomic E-state index is 12.9. The lowest BCUT2D eigenvalue weighted by molar-refractivity contribution is 0.383. The predicted molar refractivity (Wildman–Crippen MR) is 119 cm³/mol. The number of fused-ring (bicyclic) bond motifs is 1. The highest BCUT2D eigenvalue weighted by atomic mass is 32.2. The number of methoxy groups -OCH3 is 2. The summed E-state index contributed by atoms with van der Waals surface area (Å²) in [6.45, 7) is 0. The van der Waals surface area contributed by atoms with Gasteiger partial charge >= 0.3 is 5.69 Å². The fraction of sp³-hybridized carbons (Fsp3) is 0.350. The van der Waals surface area contributed by atoms with Crippen LogP contribution in [0.5, 0.6) is 17.4 Å². The van der Waals surface area contributed by atoms with Crippen molar-refractivity contribution in [3.63, 3.8) is 0 Å². The molecule has 4 rings (SSSR count). The minimum Gasteiger partial charge on any atom is -0.497 e. The minimum absolute atomic E-state index is 0.0490. The van der Waals surface area contributed by atoms with Crippen molar-refractivity contribution in [2.75, 3.05) is 20.5 Å². The number of aromatic hydroxyl groups is 1. The number of aliphatic imine (C=N–C) groups is 1. The van der Waals surface area contributed by atoms with Crippen molar-refractivity contribution in [1.82, 2.24) is 23.9 Å². The molecular formula is C20H22N6O5S. The lowest BCUT2D eigenvalue weighted by Gasteiger charge is -2.25. The molecule has 0 spiro atoms. The zero-order chi connectivity index (χ0) is 23.2. The van der Waals surface area contributed by atoms with Crippen molar-refractivity contribution >= 4 is 23.4 Å². The van der Waals surface area contributed by atoms with Gasteiger partial charge in [0.05, 0.1) is 26.0 Å². The van der Waals surface area contributed by atoms with Gasteiger partial charge in [-0.2, -0.15) is 4.98 Å². The Kier molecular flexibility index (Phi) is 5.55. The lowest BCUT2D eigenvalue weighted by Crippen LogP contribution is -2.40. The van der Waals surface area contributed by atoms with Crippen LogP contribution < -0.4 is 20.7 Å². The summed E-state index contributed by atoms with van der Waals surface area (Å²) in [5, 5.41) is 15.7. The first kappa shape index (κ1) is 21.7. The van der Waals surface area contributed by atoms with Crippen LogP contribution in [0.25, 0.3) is 0 Å². The summed E-state index contributed by atoms with van der Waals surface area (Å²) in [5.74, 6) is 1.04. The molecule has 1 aliphatic heterocycles. The molecule has 11 nitrogen and oxygen atoms in total. The molecule has 1 aromatic carbocycles. The van der Waals surface area contributed by atoms with E-state index in [1.165, 1.54) is 25.9 Å². The summed E-state index contributed by atoms with van der Waals surface area (Å²) in [5.41, 5.74) is -0.237. The van der Waals surface area contributed by atoms with E-state index in [1.807, 2.05) is 12.3 Å². The molecule has 1 atom stereocenters. The molecule has 32 heavy (non-hydrogen) atoms. The standard InChI is InChI=1S/C20H22N6O5S/c1-24-16(27)15(17(28)25(2)20(24)29)12-9-13(26-18(21-12)22-19(23-26)32-5)11-7-6-10(30-3)8-14(11)31-4/h6-8,13,27H,9H2,1-5H3. The zero-order valence-electron chi connectivity index (χ0n) is 18.2. The molecule has 0 aliphatic carbocycles. The van der Waals surface area contributed by atoms with Crippen molar-refractivity contribution in [2.45, 2.75) is 17.6 Å². The van der Waals surface area contributed by atoms with E-state index in [0.717, 1.165) is 14.7 Å². The van der Waals surface area contributed by atoms with Crippen LogP contribution in [-0.2, 0) is 14.1 Å². The molecule has 1 N–H and O–H groups in total. The molecule has 3 heterocycles. The monoisotopic (exact) mass is 458 g/mol. The summed E-state index contributed by atoms with van der Waals surface area (Å²) >= 11 is 1.36. The highest BCUT2D eigenvalue weighted by Gasteiger charge is 2.32. The number of thioether (sulfide) groups is 1. The van der Waals surface area contributed by atoms with E-state index in [4.69, 9.17) is 9.47 Å². The number of ether oxygens (including phenoxy) is 2. The first-order valence-electron chi connectivity index (χ1n) is 9.60. The molecule has 168 valence electrons. The number of aromatic nitrogens is 5. The van der Waals surface area contributed by atoms with Gasteiger partial charge in [-0.25, -0.2) is 14.5 Å². The number of nitrogens with zero attached hydrogens (tertiary/aromatic N) is 6. The lowest BCUT2D eigenvalue weighted by atomic mass is 9.96. The van der Waals surface area contributed by atoms with Crippen LogP contribution in [0.1, 0.15) is 23.6 Å². The van der Waals surface area contributed by atoms with Gasteiger partial charge in [-0.3, -0.25) is 13.9 Å². The van der Waals surface area contributed by atoms with Gasteiger partial charge in [0.2, 0.25) is 17.0 Å². The van der Waals surface area contributed by atoms with Crippen LogP contribution in [0.2, 0.25) is 0 Å². The van der Waals surface area contributed by atoms with Crippen molar-refractivity contribution < 1.29 is 14.6 Å². The molecule has 0 fully saturated rings. The van der Waals surface area contributed by atoms with E-state index in [9.17, 15) is 14.7 Å². The van der Waals surface area contributed by atoms with Crippen molar-refractivity contribution in [3.05, 3.63) is 50.2 Å². The number of hydrogen-bond donors (Lipinski definition) is 1. The SMILES string of the molecule is COc1ccc(C2CC(c3c(O)n(C)c(=O)n(C)c3=O)=Nc3nc(SC)nn32)c(OC)c1. The quantitative estimate of drug-likeness (QED) is 0.566. The van der Waals surface area contributed by atoms with Gasteiger partial charge in [-0.1, -0.05) is 11.8 Å². The van der Waals surface area contributed by atoms with Gasteiger partial charge < -0.3 is 14.6 Å². The number of rotatable bonds is 5. The average molecular weight is 459 g/mol. The normalized spacial score (nSPS) is 15.3. The van der Waals surface area contributed by atoms with Gasteiger partial charge in [-0.15, -0.1) is 5.10 Å². The van der Waals surface area contributed by atoms with Crippen molar-refractivity contribution in [1.29, 1.82) is 0 Å². The topological polar surface area (TPSA) is 126 Å². The van der Waals surface area contributed by atoms with Crippen LogP contribution in [0.3, 0.4) is 0 Å². The Morgan fingerprint density at radius 2 is 1.91 bits per heavy atom.